The number of rotatable bonds is 1. The van der Waals surface area contributed by atoms with Crippen LogP contribution in [0.4, 0.5) is 5.69 Å². The molecule has 0 radical (unpaired) electrons. The quantitative estimate of drug-likeness (QED) is 0.715. The van der Waals surface area contributed by atoms with Crippen molar-refractivity contribution < 1.29 is 4.74 Å². The molecule has 3 aliphatic heterocycles. The molecule has 1 spiro atoms. The van der Waals surface area contributed by atoms with E-state index in [0.717, 1.165) is 13.1 Å². The van der Waals surface area contributed by atoms with Gasteiger partial charge in [-0.2, -0.15) is 0 Å². The summed E-state index contributed by atoms with van der Waals surface area (Å²) in [6, 6.07) is 8.85. The molecule has 2 nitrogen and oxygen atoms in total. The van der Waals surface area contributed by atoms with Gasteiger partial charge in [-0.05, 0) is 31.9 Å². The van der Waals surface area contributed by atoms with Gasteiger partial charge in [-0.15, -0.1) is 0 Å². The second-order valence-corrected chi connectivity index (χ2v) is 6.69. The lowest BCUT2D eigenvalue weighted by Gasteiger charge is -2.28. The van der Waals surface area contributed by atoms with Gasteiger partial charge >= 0.3 is 0 Å². The lowest BCUT2D eigenvalue weighted by atomic mass is 9.74. The first kappa shape index (κ1) is 11.5. The Hall–Kier alpha value is -1.28. The molecule has 0 aromatic heterocycles. The van der Waals surface area contributed by atoms with E-state index in [4.69, 9.17) is 4.74 Å². The Bertz CT molecular complexity index is 549. The number of ether oxygens (including phenoxy) is 1. The third kappa shape index (κ3) is 1.41. The monoisotopic (exact) mass is 255 g/mol. The summed E-state index contributed by atoms with van der Waals surface area (Å²) < 4.78 is 6.41. The van der Waals surface area contributed by atoms with E-state index in [1.807, 2.05) is 0 Å². The number of nitrogens with zero attached hydrogens (tertiary/aromatic N) is 1. The van der Waals surface area contributed by atoms with E-state index in [2.05, 4.69) is 62.1 Å². The van der Waals surface area contributed by atoms with Crippen LogP contribution in [-0.4, -0.2) is 24.3 Å². The smallest absolute Gasteiger partial charge is 0.110 e. The topological polar surface area (TPSA) is 12.5 Å². The summed E-state index contributed by atoms with van der Waals surface area (Å²) in [7, 11) is 0. The average Bonchev–Trinajstić information content (AvgIpc) is 2.97. The van der Waals surface area contributed by atoms with E-state index in [9.17, 15) is 0 Å². The Kier molecular flexibility index (Phi) is 2.08. The van der Waals surface area contributed by atoms with E-state index < -0.39 is 0 Å². The van der Waals surface area contributed by atoms with Crippen molar-refractivity contribution in [1.82, 2.24) is 0 Å². The minimum absolute atomic E-state index is 0.0238. The molecule has 2 heteroatoms. The summed E-state index contributed by atoms with van der Waals surface area (Å²) in [5.74, 6) is 1.23. The molecule has 2 fully saturated rings. The van der Waals surface area contributed by atoms with Crippen molar-refractivity contribution in [2.75, 3.05) is 18.0 Å². The summed E-state index contributed by atoms with van der Waals surface area (Å²) in [6.45, 7) is 8.82. The Morgan fingerprint density at radius 3 is 2.63 bits per heavy atom. The van der Waals surface area contributed by atoms with Crippen molar-refractivity contribution in [1.29, 1.82) is 0 Å². The Balaban J connectivity index is 1.65. The molecular formula is C17H21NO. The summed E-state index contributed by atoms with van der Waals surface area (Å²) in [6.07, 6.45) is 4.61. The zero-order chi connectivity index (χ0) is 13.3. The van der Waals surface area contributed by atoms with Crippen LogP contribution >= 0.6 is 0 Å². The standard InChI is InChI=1S/C17H21NO/c1-12-4-6-14(7-5-12)18-10-15-13(2)16(3)8-9-17(15,11-18)19-16/h4-9,13,15H,10-11H2,1-3H3/t13-,15?,16-,17-/m1/s1. The number of aryl methyl sites for hydroxylation is 1. The van der Waals surface area contributed by atoms with Crippen molar-refractivity contribution in [3.8, 4) is 0 Å². The SMILES string of the molecule is Cc1ccc(N2CC3[C@@H](C)[C@@]4(C)C=C[C@]3(C2)O4)cc1. The molecule has 0 amide bonds. The van der Waals surface area contributed by atoms with Crippen LogP contribution in [0.5, 0.6) is 0 Å². The number of fused-ring (bicyclic) bond motifs is 1. The minimum Gasteiger partial charge on any atom is -0.368 e. The van der Waals surface area contributed by atoms with Gasteiger partial charge in [0, 0.05) is 18.2 Å². The molecule has 1 aromatic carbocycles. The van der Waals surface area contributed by atoms with Gasteiger partial charge in [-0.25, -0.2) is 0 Å². The van der Waals surface area contributed by atoms with Gasteiger partial charge in [-0.3, -0.25) is 0 Å². The number of hydrogen-bond acceptors (Lipinski definition) is 2. The fourth-order valence-electron chi connectivity index (χ4n) is 4.12. The fourth-order valence-corrected chi connectivity index (χ4v) is 4.12. The van der Waals surface area contributed by atoms with E-state index in [1.54, 1.807) is 0 Å². The molecular weight excluding hydrogens is 234 g/mol. The molecule has 0 N–H and O–H groups in total. The molecule has 1 unspecified atom stereocenters. The second-order valence-electron chi connectivity index (χ2n) is 6.69. The highest BCUT2D eigenvalue weighted by molar-refractivity contribution is 5.52. The normalized spacial score (nSPS) is 43.0. The van der Waals surface area contributed by atoms with Gasteiger partial charge < -0.3 is 9.64 Å². The predicted molar refractivity (Wildman–Crippen MR) is 77.4 cm³/mol. The molecule has 4 rings (SSSR count). The van der Waals surface area contributed by atoms with Crippen molar-refractivity contribution in [2.45, 2.75) is 32.0 Å². The van der Waals surface area contributed by atoms with Crippen LogP contribution in [0.25, 0.3) is 0 Å². The highest BCUT2D eigenvalue weighted by Gasteiger charge is 2.63. The molecule has 2 bridgehead atoms. The zero-order valence-corrected chi connectivity index (χ0v) is 11.9. The molecule has 3 heterocycles. The summed E-state index contributed by atoms with van der Waals surface area (Å²) in [5.41, 5.74) is 2.59. The van der Waals surface area contributed by atoms with Gasteiger partial charge in [0.25, 0.3) is 0 Å². The minimum atomic E-state index is -0.0287. The molecule has 4 atom stereocenters. The van der Waals surface area contributed by atoms with Gasteiger partial charge in [0.2, 0.25) is 0 Å². The van der Waals surface area contributed by atoms with Crippen molar-refractivity contribution >= 4 is 5.69 Å². The largest absolute Gasteiger partial charge is 0.368 e. The summed E-state index contributed by atoms with van der Waals surface area (Å²) in [4.78, 5) is 2.48. The van der Waals surface area contributed by atoms with Gasteiger partial charge in [0.15, 0.2) is 0 Å². The maximum Gasteiger partial charge on any atom is 0.110 e. The Labute approximate surface area is 115 Å². The second kappa shape index (κ2) is 3.43. The molecule has 0 aliphatic carbocycles. The van der Waals surface area contributed by atoms with Gasteiger partial charge in [-0.1, -0.05) is 36.8 Å². The summed E-state index contributed by atoms with van der Waals surface area (Å²) >= 11 is 0. The molecule has 19 heavy (non-hydrogen) atoms. The van der Waals surface area contributed by atoms with E-state index >= 15 is 0 Å². The maximum atomic E-state index is 6.41. The first-order valence-corrected chi connectivity index (χ1v) is 7.25. The van der Waals surface area contributed by atoms with E-state index in [-0.39, 0.29) is 11.2 Å². The van der Waals surface area contributed by atoms with Crippen LogP contribution in [0.1, 0.15) is 19.4 Å². The molecule has 3 aliphatic rings. The summed E-state index contributed by atoms with van der Waals surface area (Å²) in [5, 5.41) is 0. The zero-order valence-electron chi connectivity index (χ0n) is 11.9. The van der Waals surface area contributed by atoms with Crippen LogP contribution in [-0.2, 0) is 4.74 Å². The maximum absolute atomic E-state index is 6.41. The van der Waals surface area contributed by atoms with Crippen molar-refractivity contribution in [3.05, 3.63) is 42.0 Å². The highest BCUT2D eigenvalue weighted by Crippen LogP contribution is 2.56. The molecule has 100 valence electrons. The van der Waals surface area contributed by atoms with Crippen molar-refractivity contribution in [3.63, 3.8) is 0 Å². The van der Waals surface area contributed by atoms with Crippen LogP contribution < -0.4 is 4.90 Å². The first-order chi connectivity index (χ1) is 9.02. The molecule has 2 saturated heterocycles. The lowest BCUT2D eigenvalue weighted by Crippen LogP contribution is -2.34. The Morgan fingerprint density at radius 2 is 1.95 bits per heavy atom. The van der Waals surface area contributed by atoms with Crippen molar-refractivity contribution in [2.24, 2.45) is 11.8 Å². The number of anilines is 1. The molecule has 0 saturated carbocycles. The average molecular weight is 255 g/mol. The fraction of sp³-hybridized carbons (Fsp3) is 0.529. The highest BCUT2D eigenvalue weighted by atomic mass is 16.5. The number of hydrogen-bond donors (Lipinski definition) is 0. The Morgan fingerprint density at radius 1 is 1.21 bits per heavy atom. The van der Waals surface area contributed by atoms with Gasteiger partial charge in [0.05, 0.1) is 12.1 Å². The first-order valence-electron chi connectivity index (χ1n) is 7.25. The van der Waals surface area contributed by atoms with Crippen LogP contribution in [0.3, 0.4) is 0 Å². The predicted octanol–water partition coefficient (Wildman–Crippen LogP) is 3.16. The van der Waals surface area contributed by atoms with E-state index in [1.165, 1.54) is 11.3 Å². The van der Waals surface area contributed by atoms with E-state index in [0.29, 0.717) is 11.8 Å². The van der Waals surface area contributed by atoms with Crippen LogP contribution in [0.15, 0.2) is 36.4 Å². The van der Waals surface area contributed by atoms with Crippen LogP contribution in [0, 0.1) is 18.8 Å². The molecule has 1 aromatic rings. The van der Waals surface area contributed by atoms with Gasteiger partial charge in [0.1, 0.15) is 5.60 Å². The lowest BCUT2D eigenvalue weighted by molar-refractivity contribution is -0.0242. The number of benzene rings is 1. The van der Waals surface area contributed by atoms with Crippen LogP contribution in [0.2, 0.25) is 0 Å². The third-order valence-corrected chi connectivity index (χ3v) is 5.50. The third-order valence-electron chi connectivity index (χ3n) is 5.50.